The Hall–Kier alpha value is -2.94. The molecule has 0 spiro atoms. The van der Waals surface area contributed by atoms with Crippen LogP contribution in [0.5, 0.6) is 0 Å². The summed E-state index contributed by atoms with van der Waals surface area (Å²) >= 11 is 0. The van der Waals surface area contributed by atoms with Crippen LogP contribution in [0, 0.1) is 5.82 Å². The first-order valence-electron chi connectivity index (χ1n) is 9.42. The molecular formula is C21H27FN4O3S. The second kappa shape index (κ2) is 10.7. The Balaban J connectivity index is 1.90. The molecule has 7 nitrogen and oxygen atoms in total. The minimum atomic E-state index is -3.23. The summed E-state index contributed by atoms with van der Waals surface area (Å²) < 4.78 is 36.9. The Kier molecular flexibility index (Phi) is 8.35. The molecule has 1 amide bonds. The first-order chi connectivity index (χ1) is 14.2. The Morgan fingerprint density at radius 2 is 1.77 bits per heavy atom. The van der Waals surface area contributed by atoms with Crippen LogP contribution in [-0.4, -0.2) is 40.1 Å². The summed E-state index contributed by atoms with van der Waals surface area (Å²) in [6, 6.07) is 11.6. The fourth-order valence-corrected chi connectivity index (χ4v) is 3.71. The highest BCUT2D eigenvalue weighted by Gasteiger charge is 2.11. The SMILES string of the molecule is CN=C(NCCc1ccc(NC(C)=O)cc1)NCc1cc(F)ccc1CS(C)(=O)=O. The average molecular weight is 435 g/mol. The third kappa shape index (κ3) is 8.20. The van der Waals surface area contributed by atoms with E-state index in [4.69, 9.17) is 0 Å². The van der Waals surface area contributed by atoms with Crippen LogP contribution in [0.1, 0.15) is 23.6 Å². The molecule has 0 fully saturated rings. The van der Waals surface area contributed by atoms with E-state index in [1.807, 2.05) is 24.3 Å². The first-order valence-corrected chi connectivity index (χ1v) is 11.5. The minimum absolute atomic E-state index is 0.114. The van der Waals surface area contributed by atoms with Crippen molar-refractivity contribution in [2.24, 2.45) is 4.99 Å². The smallest absolute Gasteiger partial charge is 0.221 e. The fraction of sp³-hybridized carbons (Fsp3) is 0.333. The molecule has 3 N–H and O–H groups in total. The van der Waals surface area contributed by atoms with E-state index >= 15 is 0 Å². The first kappa shape index (κ1) is 23.3. The second-order valence-corrected chi connectivity index (χ2v) is 9.10. The van der Waals surface area contributed by atoms with Crippen molar-refractivity contribution in [3.05, 3.63) is 65.0 Å². The molecule has 0 aliphatic carbocycles. The number of aliphatic imine (C=N–C) groups is 1. The van der Waals surface area contributed by atoms with Crippen molar-refractivity contribution in [3.63, 3.8) is 0 Å². The summed E-state index contributed by atoms with van der Waals surface area (Å²) in [4.78, 5) is 15.2. The van der Waals surface area contributed by atoms with Crippen molar-refractivity contribution in [2.45, 2.75) is 25.6 Å². The highest BCUT2D eigenvalue weighted by atomic mass is 32.2. The monoisotopic (exact) mass is 434 g/mol. The van der Waals surface area contributed by atoms with Crippen LogP contribution in [0.15, 0.2) is 47.5 Å². The molecule has 0 atom stereocenters. The quantitative estimate of drug-likeness (QED) is 0.437. The molecule has 0 aromatic heterocycles. The van der Waals surface area contributed by atoms with E-state index in [1.54, 1.807) is 7.05 Å². The summed E-state index contributed by atoms with van der Waals surface area (Å²) in [6.45, 7) is 2.32. The number of amides is 1. The molecule has 0 bridgehead atoms. The third-order valence-corrected chi connectivity index (χ3v) is 5.07. The van der Waals surface area contributed by atoms with E-state index in [0.29, 0.717) is 23.6 Å². The van der Waals surface area contributed by atoms with Gasteiger partial charge in [-0.1, -0.05) is 18.2 Å². The molecule has 9 heteroatoms. The van der Waals surface area contributed by atoms with Gasteiger partial charge in [0.25, 0.3) is 0 Å². The molecule has 2 aromatic carbocycles. The molecule has 0 saturated heterocycles. The molecule has 2 rings (SSSR count). The second-order valence-electron chi connectivity index (χ2n) is 6.96. The van der Waals surface area contributed by atoms with Crippen LogP contribution in [0.25, 0.3) is 0 Å². The van der Waals surface area contributed by atoms with Gasteiger partial charge in [-0.25, -0.2) is 12.8 Å². The standard InChI is InChI=1S/C21H27FN4O3S/c1-15(27)26-20-8-4-16(5-9-20)10-11-24-21(23-2)25-13-18-12-19(22)7-6-17(18)14-30(3,28)29/h4-9,12H,10-11,13-14H2,1-3H3,(H,26,27)(H2,23,24,25). The van der Waals surface area contributed by atoms with Gasteiger partial charge < -0.3 is 16.0 Å². The van der Waals surface area contributed by atoms with Gasteiger partial charge in [-0.05, 0) is 47.4 Å². The van der Waals surface area contributed by atoms with Gasteiger partial charge in [0, 0.05) is 39.0 Å². The number of carbonyl (C=O) groups excluding carboxylic acids is 1. The molecule has 0 heterocycles. The Morgan fingerprint density at radius 3 is 2.37 bits per heavy atom. The molecule has 30 heavy (non-hydrogen) atoms. The zero-order chi connectivity index (χ0) is 22.1. The van der Waals surface area contributed by atoms with Gasteiger partial charge in [-0.3, -0.25) is 9.79 Å². The average Bonchev–Trinajstić information content (AvgIpc) is 2.66. The van der Waals surface area contributed by atoms with E-state index < -0.39 is 15.7 Å². The number of hydrogen-bond acceptors (Lipinski definition) is 4. The highest BCUT2D eigenvalue weighted by molar-refractivity contribution is 7.89. The number of anilines is 1. The third-order valence-electron chi connectivity index (χ3n) is 4.24. The van der Waals surface area contributed by atoms with Crippen LogP contribution in [-0.2, 0) is 33.4 Å². The lowest BCUT2D eigenvalue weighted by Gasteiger charge is -2.14. The van der Waals surface area contributed by atoms with Gasteiger partial charge >= 0.3 is 0 Å². The van der Waals surface area contributed by atoms with E-state index in [9.17, 15) is 17.6 Å². The van der Waals surface area contributed by atoms with Crippen molar-refractivity contribution >= 4 is 27.4 Å². The number of benzene rings is 2. The molecule has 2 aromatic rings. The largest absolute Gasteiger partial charge is 0.356 e. The Morgan fingerprint density at radius 1 is 1.07 bits per heavy atom. The number of hydrogen-bond donors (Lipinski definition) is 3. The molecule has 162 valence electrons. The molecule has 0 saturated carbocycles. The van der Waals surface area contributed by atoms with E-state index in [-0.39, 0.29) is 18.2 Å². The van der Waals surface area contributed by atoms with Crippen molar-refractivity contribution in [2.75, 3.05) is 25.2 Å². The van der Waals surface area contributed by atoms with Crippen LogP contribution >= 0.6 is 0 Å². The zero-order valence-electron chi connectivity index (χ0n) is 17.3. The fourth-order valence-electron chi connectivity index (χ4n) is 2.87. The Labute approximate surface area is 176 Å². The summed E-state index contributed by atoms with van der Waals surface area (Å²) in [5.41, 5.74) is 2.96. The zero-order valence-corrected chi connectivity index (χ0v) is 18.1. The van der Waals surface area contributed by atoms with E-state index in [1.165, 1.54) is 25.1 Å². The minimum Gasteiger partial charge on any atom is -0.356 e. The summed E-state index contributed by atoms with van der Waals surface area (Å²) in [6.07, 6.45) is 1.89. The van der Waals surface area contributed by atoms with Crippen LogP contribution < -0.4 is 16.0 Å². The summed E-state index contributed by atoms with van der Waals surface area (Å²) in [5.74, 6) is -0.156. The van der Waals surface area contributed by atoms with Gasteiger partial charge in [-0.2, -0.15) is 0 Å². The normalized spacial score (nSPS) is 11.8. The Bertz CT molecular complexity index is 1010. The summed E-state index contributed by atoms with van der Waals surface area (Å²) in [7, 11) is -1.61. The number of nitrogens with one attached hydrogen (secondary N) is 3. The lowest BCUT2D eigenvalue weighted by molar-refractivity contribution is -0.114. The highest BCUT2D eigenvalue weighted by Crippen LogP contribution is 2.14. The van der Waals surface area contributed by atoms with Crippen molar-refractivity contribution in [1.29, 1.82) is 0 Å². The lowest BCUT2D eigenvalue weighted by atomic mass is 10.1. The van der Waals surface area contributed by atoms with E-state index in [0.717, 1.165) is 23.9 Å². The number of halogens is 1. The molecule has 0 radical (unpaired) electrons. The maximum Gasteiger partial charge on any atom is 0.221 e. The van der Waals surface area contributed by atoms with Crippen molar-refractivity contribution in [1.82, 2.24) is 10.6 Å². The lowest BCUT2D eigenvalue weighted by Crippen LogP contribution is -2.38. The number of carbonyl (C=O) groups is 1. The van der Waals surface area contributed by atoms with Crippen LogP contribution in [0.3, 0.4) is 0 Å². The number of sulfone groups is 1. The van der Waals surface area contributed by atoms with Gasteiger partial charge in [0.05, 0.1) is 5.75 Å². The van der Waals surface area contributed by atoms with Gasteiger partial charge in [0.15, 0.2) is 15.8 Å². The predicted molar refractivity (Wildman–Crippen MR) is 118 cm³/mol. The van der Waals surface area contributed by atoms with Gasteiger partial charge in [0.1, 0.15) is 5.82 Å². The number of nitrogens with zero attached hydrogens (tertiary/aromatic N) is 1. The van der Waals surface area contributed by atoms with Crippen LogP contribution in [0.2, 0.25) is 0 Å². The van der Waals surface area contributed by atoms with Crippen molar-refractivity contribution < 1.29 is 17.6 Å². The molecule has 0 aliphatic rings. The molecule has 0 aliphatic heterocycles. The van der Waals surface area contributed by atoms with E-state index in [2.05, 4.69) is 20.9 Å². The summed E-state index contributed by atoms with van der Waals surface area (Å²) in [5, 5.41) is 8.98. The molecule has 0 unspecified atom stereocenters. The predicted octanol–water partition coefficient (Wildman–Crippen LogP) is 2.24. The van der Waals surface area contributed by atoms with Gasteiger partial charge in [0.2, 0.25) is 5.91 Å². The van der Waals surface area contributed by atoms with Crippen molar-refractivity contribution in [3.8, 4) is 0 Å². The number of guanidine groups is 1. The molecular weight excluding hydrogens is 407 g/mol. The van der Waals surface area contributed by atoms with Gasteiger partial charge in [-0.15, -0.1) is 0 Å². The number of rotatable bonds is 8. The van der Waals surface area contributed by atoms with Crippen LogP contribution in [0.4, 0.5) is 10.1 Å². The maximum absolute atomic E-state index is 13.6. The maximum atomic E-state index is 13.6. The topological polar surface area (TPSA) is 99.7 Å².